The maximum atomic E-state index is 12.7. The number of aromatic carboxylic acids is 1. The number of carbonyl (C=O) groups is 2. The number of nitrogens with zero attached hydrogens (tertiary/aromatic N) is 2. The molecule has 1 N–H and O–H groups in total. The fourth-order valence-electron chi connectivity index (χ4n) is 3.10. The first-order chi connectivity index (χ1) is 11.6. The van der Waals surface area contributed by atoms with Crippen molar-refractivity contribution in [3.05, 3.63) is 65.2 Å². The lowest BCUT2D eigenvalue weighted by Crippen LogP contribution is -2.49. The molecule has 0 saturated carbocycles. The highest BCUT2D eigenvalue weighted by Crippen LogP contribution is 2.21. The molecule has 5 heteroatoms. The van der Waals surface area contributed by atoms with Gasteiger partial charge in [0.25, 0.3) is 5.91 Å². The molecule has 0 radical (unpaired) electrons. The highest BCUT2D eigenvalue weighted by molar-refractivity contribution is 6.04. The van der Waals surface area contributed by atoms with Gasteiger partial charge in [-0.3, -0.25) is 4.79 Å². The van der Waals surface area contributed by atoms with Crippen LogP contribution in [0.1, 0.15) is 26.3 Å². The molecule has 2 aromatic carbocycles. The van der Waals surface area contributed by atoms with Crippen LogP contribution in [0.15, 0.2) is 48.5 Å². The summed E-state index contributed by atoms with van der Waals surface area (Å²) in [5, 5.41) is 9.26. The second-order valence-electron chi connectivity index (χ2n) is 5.92. The van der Waals surface area contributed by atoms with Gasteiger partial charge in [-0.1, -0.05) is 30.3 Å². The summed E-state index contributed by atoms with van der Waals surface area (Å²) in [4.78, 5) is 28.0. The van der Waals surface area contributed by atoms with Gasteiger partial charge in [0.05, 0.1) is 11.1 Å². The van der Waals surface area contributed by atoms with Crippen molar-refractivity contribution in [2.75, 3.05) is 31.1 Å². The number of carbonyl (C=O) groups excluding carboxylic acids is 1. The zero-order valence-corrected chi connectivity index (χ0v) is 13.6. The molecular formula is C19H20N2O3. The van der Waals surface area contributed by atoms with Gasteiger partial charge >= 0.3 is 5.97 Å². The SMILES string of the molecule is Cc1ccccc1N1CCN(C(=O)c2ccccc2C(=O)O)CC1. The van der Waals surface area contributed by atoms with Crippen LogP contribution in [0.3, 0.4) is 0 Å². The molecule has 0 atom stereocenters. The fourth-order valence-corrected chi connectivity index (χ4v) is 3.10. The van der Waals surface area contributed by atoms with Crippen molar-refractivity contribution in [1.82, 2.24) is 4.90 Å². The number of hydrogen-bond acceptors (Lipinski definition) is 3. The maximum Gasteiger partial charge on any atom is 0.336 e. The zero-order chi connectivity index (χ0) is 17.1. The van der Waals surface area contributed by atoms with Crippen LogP contribution in [0.4, 0.5) is 5.69 Å². The zero-order valence-electron chi connectivity index (χ0n) is 13.6. The quantitative estimate of drug-likeness (QED) is 0.943. The molecule has 3 rings (SSSR count). The van der Waals surface area contributed by atoms with Gasteiger partial charge in [0, 0.05) is 31.9 Å². The molecule has 0 unspecified atom stereocenters. The minimum atomic E-state index is -1.07. The Morgan fingerprint density at radius 2 is 1.46 bits per heavy atom. The Balaban J connectivity index is 1.72. The number of anilines is 1. The minimum Gasteiger partial charge on any atom is -0.478 e. The number of hydrogen-bond donors (Lipinski definition) is 1. The van der Waals surface area contributed by atoms with Gasteiger partial charge in [-0.2, -0.15) is 0 Å². The lowest BCUT2D eigenvalue weighted by atomic mass is 10.1. The lowest BCUT2D eigenvalue weighted by molar-refractivity contribution is 0.0673. The number of rotatable bonds is 3. The van der Waals surface area contributed by atoms with E-state index in [1.807, 2.05) is 12.1 Å². The van der Waals surface area contributed by atoms with E-state index >= 15 is 0 Å². The molecule has 1 saturated heterocycles. The molecule has 0 aliphatic carbocycles. The van der Waals surface area contributed by atoms with E-state index in [2.05, 4.69) is 24.0 Å². The molecule has 24 heavy (non-hydrogen) atoms. The summed E-state index contributed by atoms with van der Waals surface area (Å²) in [7, 11) is 0. The van der Waals surface area contributed by atoms with Gasteiger partial charge in [0.15, 0.2) is 0 Å². The molecule has 1 heterocycles. The van der Waals surface area contributed by atoms with Crippen molar-refractivity contribution in [1.29, 1.82) is 0 Å². The number of benzene rings is 2. The van der Waals surface area contributed by atoms with Crippen LogP contribution >= 0.6 is 0 Å². The van der Waals surface area contributed by atoms with Crippen molar-refractivity contribution >= 4 is 17.6 Å². The van der Waals surface area contributed by atoms with Gasteiger partial charge in [-0.15, -0.1) is 0 Å². The standard InChI is InChI=1S/C19H20N2O3/c1-14-6-2-5-9-17(14)20-10-12-21(13-11-20)18(22)15-7-3-4-8-16(15)19(23)24/h2-9H,10-13H2,1H3,(H,23,24). The predicted octanol–water partition coefficient (Wildman–Crippen LogP) is 2.66. The number of aryl methyl sites for hydroxylation is 1. The smallest absolute Gasteiger partial charge is 0.336 e. The third kappa shape index (κ3) is 3.11. The predicted molar refractivity (Wildman–Crippen MR) is 92.7 cm³/mol. The normalized spacial score (nSPS) is 14.5. The first-order valence-electron chi connectivity index (χ1n) is 8.00. The molecule has 1 aliphatic rings. The monoisotopic (exact) mass is 324 g/mol. The van der Waals surface area contributed by atoms with Crippen LogP contribution in [0, 0.1) is 6.92 Å². The minimum absolute atomic E-state index is 0.0591. The largest absolute Gasteiger partial charge is 0.478 e. The molecule has 0 bridgehead atoms. The van der Waals surface area contributed by atoms with Crippen LogP contribution in [0.5, 0.6) is 0 Å². The molecule has 0 spiro atoms. The van der Waals surface area contributed by atoms with Crippen LogP contribution in [0.2, 0.25) is 0 Å². The Kier molecular flexibility index (Phi) is 4.51. The van der Waals surface area contributed by atoms with Crippen molar-refractivity contribution < 1.29 is 14.7 Å². The van der Waals surface area contributed by atoms with Gasteiger partial charge in [0.2, 0.25) is 0 Å². The van der Waals surface area contributed by atoms with Crippen LogP contribution < -0.4 is 4.90 Å². The van der Waals surface area contributed by atoms with Gasteiger partial charge in [0.1, 0.15) is 0 Å². The summed E-state index contributed by atoms with van der Waals surface area (Å²) in [5.41, 5.74) is 2.72. The molecule has 0 aromatic heterocycles. The van der Waals surface area contributed by atoms with E-state index in [9.17, 15) is 14.7 Å². The Bertz CT molecular complexity index is 765. The third-order valence-electron chi connectivity index (χ3n) is 4.41. The summed E-state index contributed by atoms with van der Waals surface area (Å²) < 4.78 is 0. The van der Waals surface area contributed by atoms with E-state index in [1.165, 1.54) is 17.3 Å². The first-order valence-corrected chi connectivity index (χ1v) is 8.00. The first kappa shape index (κ1) is 16.1. The van der Waals surface area contributed by atoms with Crippen molar-refractivity contribution in [3.63, 3.8) is 0 Å². The molecular weight excluding hydrogens is 304 g/mol. The van der Waals surface area contributed by atoms with E-state index in [0.29, 0.717) is 13.1 Å². The Hall–Kier alpha value is -2.82. The fraction of sp³-hybridized carbons (Fsp3) is 0.263. The molecule has 1 amide bonds. The molecule has 5 nitrogen and oxygen atoms in total. The number of para-hydroxylation sites is 1. The van der Waals surface area contributed by atoms with Crippen LogP contribution in [0.25, 0.3) is 0 Å². The second-order valence-corrected chi connectivity index (χ2v) is 5.92. The van der Waals surface area contributed by atoms with E-state index < -0.39 is 5.97 Å². The Morgan fingerprint density at radius 1 is 0.875 bits per heavy atom. The third-order valence-corrected chi connectivity index (χ3v) is 4.41. The van der Waals surface area contributed by atoms with E-state index in [4.69, 9.17) is 0 Å². The van der Waals surface area contributed by atoms with Gasteiger partial charge in [-0.25, -0.2) is 4.79 Å². The van der Waals surface area contributed by atoms with Crippen LogP contribution in [-0.4, -0.2) is 48.1 Å². The summed E-state index contributed by atoms with van der Waals surface area (Å²) in [6, 6.07) is 14.6. The van der Waals surface area contributed by atoms with Gasteiger partial charge < -0.3 is 14.9 Å². The maximum absolute atomic E-state index is 12.7. The van der Waals surface area contributed by atoms with E-state index in [1.54, 1.807) is 23.1 Å². The molecule has 2 aromatic rings. The van der Waals surface area contributed by atoms with Crippen molar-refractivity contribution in [3.8, 4) is 0 Å². The molecule has 124 valence electrons. The highest BCUT2D eigenvalue weighted by Gasteiger charge is 2.25. The number of carboxylic acid groups (broad SMARTS) is 1. The Morgan fingerprint density at radius 3 is 2.08 bits per heavy atom. The second kappa shape index (κ2) is 6.74. The van der Waals surface area contributed by atoms with Crippen molar-refractivity contribution in [2.45, 2.75) is 6.92 Å². The summed E-state index contributed by atoms with van der Waals surface area (Å²) >= 11 is 0. The number of carboxylic acids is 1. The van der Waals surface area contributed by atoms with E-state index in [0.717, 1.165) is 13.1 Å². The average molecular weight is 324 g/mol. The Labute approximate surface area is 141 Å². The summed E-state index contributed by atoms with van der Waals surface area (Å²) in [6.45, 7) is 4.73. The molecule has 1 fully saturated rings. The van der Waals surface area contributed by atoms with Gasteiger partial charge in [-0.05, 0) is 30.7 Å². The lowest BCUT2D eigenvalue weighted by Gasteiger charge is -2.37. The van der Waals surface area contributed by atoms with Crippen molar-refractivity contribution in [2.24, 2.45) is 0 Å². The van der Waals surface area contributed by atoms with Crippen LogP contribution in [-0.2, 0) is 0 Å². The highest BCUT2D eigenvalue weighted by atomic mass is 16.4. The molecule has 1 aliphatic heterocycles. The number of piperazine rings is 1. The topological polar surface area (TPSA) is 60.9 Å². The average Bonchev–Trinajstić information content (AvgIpc) is 2.62. The number of amides is 1. The summed E-state index contributed by atoms with van der Waals surface area (Å²) in [6.07, 6.45) is 0. The summed E-state index contributed by atoms with van der Waals surface area (Å²) in [5.74, 6) is -1.28. The van der Waals surface area contributed by atoms with E-state index in [-0.39, 0.29) is 17.0 Å².